The van der Waals surface area contributed by atoms with E-state index in [9.17, 15) is 18.4 Å². The van der Waals surface area contributed by atoms with E-state index in [0.717, 1.165) is 29.5 Å². The van der Waals surface area contributed by atoms with Crippen LogP contribution in [0.4, 0.5) is 20.2 Å². The summed E-state index contributed by atoms with van der Waals surface area (Å²) in [5, 5.41) is 8.33. The van der Waals surface area contributed by atoms with Crippen LogP contribution < -0.4 is 10.6 Å². The van der Waals surface area contributed by atoms with E-state index >= 15 is 0 Å². The fraction of sp³-hybridized carbons (Fsp3) is 0.167. The van der Waals surface area contributed by atoms with Gasteiger partial charge in [0, 0.05) is 17.4 Å². The van der Waals surface area contributed by atoms with Crippen LogP contribution in [0.15, 0.2) is 41.6 Å². The first kappa shape index (κ1) is 19.0. The topological polar surface area (TPSA) is 79.8 Å². The number of benzene rings is 2. The number of anilines is 2. The molecule has 2 amide bonds. The molecular weight excluding hydrogens is 344 g/mol. The minimum absolute atomic E-state index is 0.0778. The molecule has 0 saturated heterocycles. The van der Waals surface area contributed by atoms with Gasteiger partial charge in [-0.2, -0.15) is 0 Å². The Morgan fingerprint density at radius 1 is 1.08 bits per heavy atom. The lowest BCUT2D eigenvalue weighted by atomic mass is 10.1. The molecule has 0 aromatic heterocycles. The SMILES string of the molecule is Cc1ccc(NC(=O)/C=N\OCC(=O)Nc2ccc(F)c(F)c2)c(C)c1. The molecule has 8 heteroatoms. The molecule has 6 nitrogen and oxygen atoms in total. The minimum Gasteiger partial charge on any atom is -0.385 e. The Balaban J connectivity index is 1.78. The first-order chi connectivity index (χ1) is 12.3. The molecule has 0 unspecified atom stereocenters. The van der Waals surface area contributed by atoms with Crippen molar-refractivity contribution in [2.45, 2.75) is 13.8 Å². The molecule has 0 spiro atoms. The Morgan fingerprint density at radius 3 is 2.54 bits per heavy atom. The zero-order valence-electron chi connectivity index (χ0n) is 14.2. The van der Waals surface area contributed by atoms with Gasteiger partial charge < -0.3 is 15.5 Å². The van der Waals surface area contributed by atoms with Gasteiger partial charge in [-0.1, -0.05) is 22.9 Å². The number of halogens is 2. The van der Waals surface area contributed by atoms with Gasteiger partial charge in [0.05, 0.1) is 0 Å². The fourth-order valence-corrected chi connectivity index (χ4v) is 2.07. The molecular formula is C18H17F2N3O3. The molecule has 2 aromatic carbocycles. The van der Waals surface area contributed by atoms with Crippen LogP contribution in [0.5, 0.6) is 0 Å². The summed E-state index contributed by atoms with van der Waals surface area (Å²) < 4.78 is 25.8. The Hall–Kier alpha value is -3.29. The summed E-state index contributed by atoms with van der Waals surface area (Å²) in [5.74, 6) is -3.25. The van der Waals surface area contributed by atoms with Crippen molar-refractivity contribution in [1.82, 2.24) is 0 Å². The summed E-state index contributed by atoms with van der Waals surface area (Å²) in [5.41, 5.74) is 2.69. The lowest BCUT2D eigenvalue weighted by molar-refractivity contribution is -0.120. The number of hydrogen-bond acceptors (Lipinski definition) is 4. The van der Waals surface area contributed by atoms with E-state index in [1.54, 1.807) is 6.07 Å². The molecule has 0 atom stereocenters. The van der Waals surface area contributed by atoms with Gasteiger partial charge in [-0.25, -0.2) is 8.78 Å². The van der Waals surface area contributed by atoms with E-state index in [2.05, 4.69) is 15.8 Å². The van der Waals surface area contributed by atoms with E-state index in [1.807, 2.05) is 26.0 Å². The third kappa shape index (κ3) is 5.66. The van der Waals surface area contributed by atoms with Crippen LogP contribution in [0.25, 0.3) is 0 Å². The average molecular weight is 361 g/mol. The molecule has 2 aromatic rings. The molecule has 0 fully saturated rings. The molecule has 136 valence electrons. The molecule has 0 aliphatic carbocycles. The van der Waals surface area contributed by atoms with E-state index in [4.69, 9.17) is 4.84 Å². The molecule has 0 saturated carbocycles. The first-order valence-electron chi connectivity index (χ1n) is 7.63. The summed E-state index contributed by atoms with van der Waals surface area (Å²) in [7, 11) is 0. The highest BCUT2D eigenvalue weighted by molar-refractivity contribution is 6.31. The Labute approximate surface area is 148 Å². The van der Waals surface area contributed by atoms with Crippen molar-refractivity contribution in [3.63, 3.8) is 0 Å². The molecule has 2 rings (SSSR count). The third-order valence-electron chi connectivity index (χ3n) is 3.28. The van der Waals surface area contributed by atoms with Crippen molar-refractivity contribution in [2.24, 2.45) is 5.16 Å². The van der Waals surface area contributed by atoms with Gasteiger partial charge in [0.15, 0.2) is 18.2 Å². The maximum Gasteiger partial charge on any atom is 0.270 e. The van der Waals surface area contributed by atoms with Gasteiger partial charge in [0.2, 0.25) is 0 Å². The van der Waals surface area contributed by atoms with Crippen molar-refractivity contribution in [1.29, 1.82) is 0 Å². The normalized spacial score (nSPS) is 10.6. The first-order valence-corrected chi connectivity index (χ1v) is 7.63. The highest BCUT2D eigenvalue weighted by atomic mass is 19.2. The Morgan fingerprint density at radius 2 is 1.85 bits per heavy atom. The highest BCUT2D eigenvalue weighted by Gasteiger charge is 2.07. The average Bonchev–Trinajstić information content (AvgIpc) is 2.58. The number of oxime groups is 1. The van der Waals surface area contributed by atoms with Crippen molar-refractivity contribution >= 4 is 29.4 Å². The number of nitrogens with zero attached hydrogens (tertiary/aromatic N) is 1. The fourth-order valence-electron chi connectivity index (χ4n) is 2.07. The van der Waals surface area contributed by atoms with E-state index in [1.165, 1.54) is 6.07 Å². The second kappa shape index (κ2) is 8.70. The zero-order chi connectivity index (χ0) is 19.1. The molecule has 2 N–H and O–H groups in total. The summed E-state index contributed by atoms with van der Waals surface area (Å²) in [4.78, 5) is 28.0. The second-order valence-corrected chi connectivity index (χ2v) is 5.49. The zero-order valence-corrected chi connectivity index (χ0v) is 14.2. The standard InChI is InChI=1S/C18H17F2N3O3/c1-11-3-6-16(12(2)7-11)23-17(24)9-21-26-10-18(25)22-13-4-5-14(19)15(20)8-13/h3-9H,10H2,1-2H3,(H,22,25)(H,23,24)/b21-9-. The molecule has 0 aliphatic rings. The number of amides is 2. The quantitative estimate of drug-likeness (QED) is 0.613. The maximum atomic E-state index is 13.0. The number of carbonyl (C=O) groups is 2. The molecule has 0 bridgehead atoms. The lowest BCUT2D eigenvalue weighted by Crippen LogP contribution is -2.18. The molecule has 26 heavy (non-hydrogen) atoms. The van der Waals surface area contributed by atoms with Crippen LogP contribution in [0.1, 0.15) is 11.1 Å². The van der Waals surface area contributed by atoms with Gasteiger partial charge in [-0.05, 0) is 37.6 Å². The second-order valence-electron chi connectivity index (χ2n) is 5.49. The van der Waals surface area contributed by atoms with Crippen LogP contribution in [-0.2, 0) is 14.4 Å². The van der Waals surface area contributed by atoms with Crippen LogP contribution in [0.3, 0.4) is 0 Å². The summed E-state index contributed by atoms with van der Waals surface area (Å²) >= 11 is 0. The van der Waals surface area contributed by atoms with E-state index < -0.39 is 30.1 Å². The van der Waals surface area contributed by atoms with Crippen LogP contribution >= 0.6 is 0 Å². The largest absolute Gasteiger partial charge is 0.385 e. The highest BCUT2D eigenvalue weighted by Crippen LogP contribution is 2.15. The van der Waals surface area contributed by atoms with Gasteiger partial charge in [0.1, 0.15) is 6.21 Å². The van der Waals surface area contributed by atoms with Crippen LogP contribution in [0, 0.1) is 25.5 Å². The van der Waals surface area contributed by atoms with Gasteiger partial charge in [0.25, 0.3) is 11.8 Å². The number of rotatable bonds is 6. The lowest BCUT2D eigenvalue weighted by Gasteiger charge is -2.07. The van der Waals surface area contributed by atoms with Gasteiger partial charge in [-0.3, -0.25) is 9.59 Å². The Bertz CT molecular complexity index is 854. The van der Waals surface area contributed by atoms with Gasteiger partial charge >= 0.3 is 0 Å². The van der Waals surface area contributed by atoms with Crippen molar-refractivity contribution in [3.8, 4) is 0 Å². The number of aryl methyl sites for hydroxylation is 2. The summed E-state index contributed by atoms with van der Waals surface area (Å²) in [6.07, 6.45) is 0.893. The predicted octanol–water partition coefficient (Wildman–Crippen LogP) is 3.16. The number of carbonyl (C=O) groups excluding carboxylic acids is 2. The predicted molar refractivity (Wildman–Crippen MR) is 94.0 cm³/mol. The van der Waals surface area contributed by atoms with Crippen molar-refractivity contribution in [3.05, 3.63) is 59.2 Å². The number of nitrogens with one attached hydrogen (secondary N) is 2. The minimum atomic E-state index is -1.08. The van der Waals surface area contributed by atoms with Crippen molar-refractivity contribution < 1.29 is 23.2 Å². The third-order valence-corrected chi connectivity index (χ3v) is 3.28. The van der Waals surface area contributed by atoms with E-state index in [0.29, 0.717) is 5.69 Å². The molecule has 0 radical (unpaired) electrons. The monoisotopic (exact) mass is 361 g/mol. The van der Waals surface area contributed by atoms with Crippen LogP contribution in [-0.4, -0.2) is 24.6 Å². The van der Waals surface area contributed by atoms with Gasteiger partial charge in [-0.15, -0.1) is 0 Å². The Kier molecular flexibility index (Phi) is 6.37. The van der Waals surface area contributed by atoms with Crippen LogP contribution in [0.2, 0.25) is 0 Å². The summed E-state index contributed by atoms with van der Waals surface area (Å²) in [6, 6.07) is 8.49. The van der Waals surface area contributed by atoms with E-state index in [-0.39, 0.29) is 5.69 Å². The maximum absolute atomic E-state index is 13.0. The molecule has 0 heterocycles. The molecule has 0 aliphatic heterocycles. The smallest absolute Gasteiger partial charge is 0.270 e. The number of hydrogen-bond donors (Lipinski definition) is 2. The van der Waals surface area contributed by atoms with Crippen molar-refractivity contribution in [2.75, 3.05) is 17.2 Å². The summed E-state index contributed by atoms with van der Waals surface area (Å²) in [6.45, 7) is 3.31.